The Bertz CT molecular complexity index is 1320. The summed E-state index contributed by atoms with van der Waals surface area (Å²) in [6.45, 7) is 2.46. The van der Waals surface area contributed by atoms with Gasteiger partial charge in [-0.15, -0.1) is 0 Å². The highest BCUT2D eigenvalue weighted by Crippen LogP contribution is 2.25. The van der Waals surface area contributed by atoms with Gasteiger partial charge in [-0.25, -0.2) is 4.68 Å². The number of hydrogen-bond donors (Lipinski definition) is 1. The summed E-state index contributed by atoms with van der Waals surface area (Å²) in [7, 11) is 0. The number of benzene rings is 2. The molecule has 11 heteroatoms. The van der Waals surface area contributed by atoms with E-state index < -0.39 is 5.91 Å². The predicted octanol–water partition coefficient (Wildman–Crippen LogP) is 6.45. The van der Waals surface area contributed by atoms with Gasteiger partial charge in [-0.3, -0.25) is 9.48 Å². The summed E-state index contributed by atoms with van der Waals surface area (Å²) in [6.07, 6.45) is 3.41. The van der Waals surface area contributed by atoms with Gasteiger partial charge in [-0.2, -0.15) is 10.2 Å². The summed E-state index contributed by atoms with van der Waals surface area (Å²) in [5.74, 6) is 0.632. The van der Waals surface area contributed by atoms with E-state index in [-0.39, 0.29) is 12.4 Å². The molecule has 0 atom stereocenters. The molecule has 0 saturated heterocycles. The molecular formula is C22H17BrCl3N5O2. The molecule has 7 nitrogen and oxygen atoms in total. The van der Waals surface area contributed by atoms with E-state index in [1.807, 2.05) is 19.1 Å². The molecule has 2 aromatic heterocycles. The molecule has 2 heterocycles. The summed E-state index contributed by atoms with van der Waals surface area (Å²) in [6, 6.07) is 12.3. The maximum Gasteiger partial charge on any atom is 0.277 e. The van der Waals surface area contributed by atoms with Crippen LogP contribution in [0.1, 0.15) is 21.6 Å². The van der Waals surface area contributed by atoms with Crippen molar-refractivity contribution in [1.82, 2.24) is 19.6 Å². The average Bonchev–Trinajstić information content (AvgIpc) is 3.38. The Hall–Kier alpha value is -2.52. The van der Waals surface area contributed by atoms with Gasteiger partial charge in [-0.1, -0.05) is 40.9 Å². The first kappa shape index (κ1) is 23.6. The van der Waals surface area contributed by atoms with Crippen molar-refractivity contribution in [3.05, 3.63) is 91.2 Å². The SMILES string of the molecule is Cc1cc(OCn2ccc(C(=O)Nc3nn(Cc4ccc(Cl)cc4Cl)cc3Br)n2)ccc1Cl. The van der Waals surface area contributed by atoms with E-state index in [2.05, 4.69) is 31.4 Å². The van der Waals surface area contributed by atoms with E-state index in [9.17, 15) is 4.79 Å². The number of carbonyl (C=O) groups is 1. The summed E-state index contributed by atoms with van der Waals surface area (Å²) in [4.78, 5) is 12.6. The second-order valence-electron chi connectivity index (χ2n) is 7.14. The second-order valence-corrected chi connectivity index (χ2v) is 9.24. The van der Waals surface area contributed by atoms with Crippen LogP contribution < -0.4 is 10.1 Å². The molecule has 1 N–H and O–H groups in total. The molecule has 4 aromatic rings. The highest BCUT2D eigenvalue weighted by Gasteiger charge is 2.15. The van der Waals surface area contributed by atoms with Gasteiger partial charge < -0.3 is 10.1 Å². The largest absolute Gasteiger partial charge is 0.471 e. The van der Waals surface area contributed by atoms with Crippen LogP contribution in [0.5, 0.6) is 5.75 Å². The van der Waals surface area contributed by atoms with Gasteiger partial charge in [-0.05, 0) is 70.4 Å². The molecule has 1 amide bonds. The van der Waals surface area contributed by atoms with E-state index in [1.54, 1.807) is 47.4 Å². The van der Waals surface area contributed by atoms with Gasteiger partial charge in [0, 0.05) is 27.5 Å². The van der Waals surface area contributed by atoms with E-state index in [1.165, 1.54) is 4.68 Å². The molecule has 0 bridgehead atoms. The topological polar surface area (TPSA) is 74.0 Å². The summed E-state index contributed by atoms with van der Waals surface area (Å²) in [5, 5.41) is 13.2. The number of nitrogens with one attached hydrogen (secondary N) is 1. The van der Waals surface area contributed by atoms with Crippen molar-refractivity contribution in [1.29, 1.82) is 0 Å². The molecule has 0 aliphatic rings. The molecule has 4 rings (SSSR count). The zero-order valence-corrected chi connectivity index (χ0v) is 21.1. The maximum atomic E-state index is 12.6. The maximum absolute atomic E-state index is 12.6. The van der Waals surface area contributed by atoms with Crippen molar-refractivity contribution >= 4 is 62.5 Å². The van der Waals surface area contributed by atoms with Gasteiger partial charge in [0.25, 0.3) is 5.91 Å². The van der Waals surface area contributed by atoms with Gasteiger partial charge in [0.1, 0.15) is 5.75 Å². The molecule has 0 spiro atoms. The van der Waals surface area contributed by atoms with Crippen molar-refractivity contribution in [3.63, 3.8) is 0 Å². The number of anilines is 1. The lowest BCUT2D eigenvalue weighted by molar-refractivity contribution is 0.101. The first-order chi connectivity index (χ1) is 15.8. The number of halogens is 4. The molecule has 0 fully saturated rings. The molecule has 0 radical (unpaired) electrons. The Morgan fingerprint density at radius 3 is 2.64 bits per heavy atom. The molecule has 170 valence electrons. The van der Waals surface area contributed by atoms with Crippen molar-refractivity contribution in [3.8, 4) is 5.75 Å². The lowest BCUT2D eigenvalue weighted by Crippen LogP contribution is -2.15. The zero-order chi connectivity index (χ0) is 23.5. The number of rotatable bonds is 7. The lowest BCUT2D eigenvalue weighted by Gasteiger charge is -2.07. The van der Waals surface area contributed by atoms with Gasteiger partial charge in [0.15, 0.2) is 18.2 Å². The molecule has 33 heavy (non-hydrogen) atoms. The van der Waals surface area contributed by atoms with Crippen molar-refractivity contribution < 1.29 is 9.53 Å². The Labute approximate surface area is 213 Å². The average molecular weight is 570 g/mol. The number of aryl methyl sites for hydroxylation is 1. The van der Waals surface area contributed by atoms with Crippen LogP contribution in [0.3, 0.4) is 0 Å². The fourth-order valence-corrected chi connectivity index (χ4v) is 3.96. The van der Waals surface area contributed by atoms with E-state index >= 15 is 0 Å². The monoisotopic (exact) mass is 567 g/mol. The van der Waals surface area contributed by atoms with Crippen LogP contribution in [0, 0.1) is 6.92 Å². The first-order valence-electron chi connectivity index (χ1n) is 9.69. The van der Waals surface area contributed by atoms with E-state index in [4.69, 9.17) is 39.5 Å². The normalized spacial score (nSPS) is 10.9. The molecule has 0 aliphatic heterocycles. The van der Waals surface area contributed by atoms with Crippen molar-refractivity contribution in [2.45, 2.75) is 20.2 Å². The Morgan fingerprint density at radius 1 is 1.06 bits per heavy atom. The lowest BCUT2D eigenvalue weighted by atomic mass is 10.2. The quantitative estimate of drug-likeness (QED) is 0.278. The fraction of sp³-hybridized carbons (Fsp3) is 0.136. The van der Waals surface area contributed by atoms with Crippen LogP contribution in [0.4, 0.5) is 5.82 Å². The molecule has 0 aliphatic carbocycles. The number of carbonyl (C=O) groups excluding carboxylic acids is 1. The minimum atomic E-state index is -0.397. The number of hydrogen-bond acceptors (Lipinski definition) is 4. The van der Waals surface area contributed by atoms with E-state index in [0.29, 0.717) is 37.7 Å². The van der Waals surface area contributed by atoms with Crippen molar-refractivity contribution in [2.75, 3.05) is 5.32 Å². The third-order valence-corrected chi connectivity index (χ3v) is 6.25. The molecule has 0 unspecified atom stereocenters. The van der Waals surface area contributed by atoms with Crippen LogP contribution in [-0.4, -0.2) is 25.5 Å². The zero-order valence-electron chi connectivity index (χ0n) is 17.2. The van der Waals surface area contributed by atoms with E-state index in [0.717, 1.165) is 11.1 Å². The minimum Gasteiger partial charge on any atom is -0.471 e. The van der Waals surface area contributed by atoms with Gasteiger partial charge in [0.2, 0.25) is 0 Å². The number of ether oxygens (including phenoxy) is 1. The minimum absolute atomic E-state index is 0.147. The Kier molecular flexibility index (Phi) is 7.29. The Morgan fingerprint density at radius 2 is 1.88 bits per heavy atom. The smallest absolute Gasteiger partial charge is 0.277 e. The summed E-state index contributed by atoms with van der Waals surface area (Å²) >= 11 is 21.6. The standard InChI is InChI=1S/C22H17BrCl3N5O2/c1-13-8-16(4-5-18(13)25)33-12-30-7-6-20(28-30)22(32)27-21-17(23)11-31(29-21)10-14-2-3-15(24)9-19(14)26/h2-9,11H,10,12H2,1H3,(H,27,29,32). The number of nitrogens with zero attached hydrogens (tertiary/aromatic N) is 4. The highest BCUT2D eigenvalue weighted by molar-refractivity contribution is 9.10. The van der Waals surface area contributed by atoms with Crippen LogP contribution in [-0.2, 0) is 13.3 Å². The Balaban J connectivity index is 1.38. The highest BCUT2D eigenvalue weighted by atomic mass is 79.9. The van der Waals surface area contributed by atoms with Crippen LogP contribution in [0.25, 0.3) is 0 Å². The number of aromatic nitrogens is 4. The number of amides is 1. The molecule has 2 aromatic carbocycles. The predicted molar refractivity (Wildman–Crippen MR) is 132 cm³/mol. The van der Waals surface area contributed by atoms with Crippen LogP contribution in [0.15, 0.2) is 59.3 Å². The van der Waals surface area contributed by atoms with Crippen molar-refractivity contribution in [2.24, 2.45) is 0 Å². The van der Waals surface area contributed by atoms with Gasteiger partial charge >= 0.3 is 0 Å². The van der Waals surface area contributed by atoms with Gasteiger partial charge in [0.05, 0.1) is 11.0 Å². The third-order valence-electron chi connectivity index (χ3n) is 4.66. The fourth-order valence-electron chi connectivity index (χ4n) is 2.96. The second kappa shape index (κ2) is 10.2. The molecular weight excluding hydrogens is 553 g/mol. The van der Waals surface area contributed by atoms with Crippen LogP contribution >= 0.6 is 50.7 Å². The summed E-state index contributed by atoms with van der Waals surface area (Å²) in [5.41, 5.74) is 2.00. The summed E-state index contributed by atoms with van der Waals surface area (Å²) < 4.78 is 9.51. The first-order valence-corrected chi connectivity index (χ1v) is 11.6. The van der Waals surface area contributed by atoms with Crippen LogP contribution in [0.2, 0.25) is 15.1 Å². The molecule has 0 saturated carbocycles. The third kappa shape index (κ3) is 5.89.